The number of hydrogen-bond acceptors (Lipinski definition) is 1. The molecule has 94 valence electrons. The molecule has 0 heterocycles. The molecule has 0 radical (unpaired) electrons. The van der Waals surface area contributed by atoms with Crippen LogP contribution >= 0.6 is 0 Å². The van der Waals surface area contributed by atoms with Crippen molar-refractivity contribution in [2.75, 3.05) is 6.54 Å². The van der Waals surface area contributed by atoms with Gasteiger partial charge in [-0.15, -0.1) is 0 Å². The van der Waals surface area contributed by atoms with Crippen LogP contribution in [0.5, 0.6) is 0 Å². The summed E-state index contributed by atoms with van der Waals surface area (Å²) in [6, 6.07) is 7.68. The molecular weight excluding hydrogens is 213 g/mol. The fourth-order valence-corrected chi connectivity index (χ4v) is 2.49. The van der Waals surface area contributed by atoms with Crippen LogP contribution in [0.2, 0.25) is 0 Å². The molecule has 2 rings (SSSR count). The molecule has 1 aliphatic carbocycles. The summed E-state index contributed by atoms with van der Waals surface area (Å²) in [7, 11) is 0. The number of hydrogen-bond donors (Lipinski definition) is 1. The normalized spacial score (nSPS) is 27.5. The second kappa shape index (κ2) is 4.77. The van der Waals surface area contributed by atoms with Crippen LogP contribution < -0.4 is 5.32 Å². The molecule has 2 heteroatoms. The van der Waals surface area contributed by atoms with Gasteiger partial charge in [0, 0.05) is 6.04 Å². The van der Waals surface area contributed by atoms with Gasteiger partial charge in [0.1, 0.15) is 5.82 Å². The van der Waals surface area contributed by atoms with Gasteiger partial charge in [0.05, 0.1) is 0 Å². The zero-order valence-corrected chi connectivity index (χ0v) is 11.0. The van der Waals surface area contributed by atoms with E-state index in [4.69, 9.17) is 0 Å². The zero-order chi connectivity index (χ0) is 12.5. The molecule has 17 heavy (non-hydrogen) atoms. The van der Waals surface area contributed by atoms with Crippen molar-refractivity contribution in [3.8, 4) is 0 Å². The molecule has 2 atom stereocenters. The Bertz CT molecular complexity index is 388. The van der Waals surface area contributed by atoms with Crippen molar-refractivity contribution in [1.29, 1.82) is 0 Å². The number of nitrogens with one attached hydrogen (secondary N) is 1. The van der Waals surface area contributed by atoms with Crippen molar-refractivity contribution in [1.82, 2.24) is 5.32 Å². The lowest BCUT2D eigenvalue weighted by molar-refractivity contribution is 0.451. The third-order valence-corrected chi connectivity index (χ3v) is 3.86. The molecule has 0 aromatic heterocycles. The maximum Gasteiger partial charge on any atom is 0.126 e. The van der Waals surface area contributed by atoms with Gasteiger partial charge >= 0.3 is 0 Å². The predicted molar refractivity (Wildman–Crippen MR) is 69.5 cm³/mol. The molecule has 0 amide bonds. The summed E-state index contributed by atoms with van der Waals surface area (Å²) in [5.74, 6) is 0.640. The monoisotopic (exact) mass is 235 g/mol. The van der Waals surface area contributed by atoms with Crippen molar-refractivity contribution >= 4 is 0 Å². The summed E-state index contributed by atoms with van der Waals surface area (Å²) in [5, 5.41) is 3.47. The molecule has 1 fully saturated rings. The molecule has 1 saturated carbocycles. The third kappa shape index (κ3) is 3.06. The van der Waals surface area contributed by atoms with Crippen molar-refractivity contribution in [3.05, 3.63) is 35.6 Å². The fourth-order valence-electron chi connectivity index (χ4n) is 2.49. The number of rotatable bonds is 5. The van der Waals surface area contributed by atoms with E-state index in [0.29, 0.717) is 17.4 Å². The van der Waals surface area contributed by atoms with Crippen LogP contribution in [-0.4, -0.2) is 12.6 Å². The second-order valence-electron chi connectivity index (χ2n) is 5.89. The molecular formula is C15H22FN. The Kier molecular flexibility index (Phi) is 3.53. The van der Waals surface area contributed by atoms with Gasteiger partial charge in [0.2, 0.25) is 0 Å². The Morgan fingerprint density at radius 3 is 2.76 bits per heavy atom. The van der Waals surface area contributed by atoms with Crippen molar-refractivity contribution in [2.24, 2.45) is 11.3 Å². The van der Waals surface area contributed by atoms with Crippen molar-refractivity contribution in [3.63, 3.8) is 0 Å². The summed E-state index contributed by atoms with van der Waals surface area (Å²) in [6.45, 7) is 7.65. The predicted octanol–water partition coefficient (Wildman–Crippen LogP) is 3.39. The average Bonchev–Trinajstić information content (AvgIpc) is 2.90. The van der Waals surface area contributed by atoms with Crippen LogP contribution in [0.4, 0.5) is 4.39 Å². The highest BCUT2D eigenvalue weighted by Crippen LogP contribution is 2.54. The quantitative estimate of drug-likeness (QED) is 0.825. The van der Waals surface area contributed by atoms with Gasteiger partial charge in [-0.25, -0.2) is 4.39 Å². The fraction of sp³-hybridized carbons (Fsp3) is 0.600. The van der Waals surface area contributed by atoms with E-state index in [1.165, 1.54) is 6.42 Å². The van der Waals surface area contributed by atoms with Gasteiger partial charge in [0.25, 0.3) is 0 Å². The lowest BCUT2D eigenvalue weighted by atomic mass is 9.95. The van der Waals surface area contributed by atoms with Crippen LogP contribution in [0.3, 0.4) is 0 Å². The van der Waals surface area contributed by atoms with E-state index < -0.39 is 0 Å². The Morgan fingerprint density at radius 2 is 2.12 bits per heavy atom. The summed E-state index contributed by atoms with van der Waals surface area (Å²) >= 11 is 0. The number of halogens is 1. The highest BCUT2D eigenvalue weighted by molar-refractivity contribution is 5.21. The van der Waals surface area contributed by atoms with E-state index in [0.717, 1.165) is 18.5 Å². The van der Waals surface area contributed by atoms with Gasteiger partial charge in [-0.05, 0) is 42.3 Å². The van der Waals surface area contributed by atoms with E-state index in [1.807, 2.05) is 12.1 Å². The molecule has 1 nitrogen and oxygen atoms in total. The molecule has 0 saturated heterocycles. The summed E-state index contributed by atoms with van der Waals surface area (Å²) in [5.41, 5.74) is 1.16. The molecule has 2 unspecified atom stereocenters. The first-order valence-corrected chi connectivity index (χ1v) is 6.48. The first kappa shape index (κ1) is 12.6. The molecule has 1 aromatic carbocycles. The van der Waals surface area contributed by atoms with Crippen LogP contribution in [0.25, 0.3) is 0 Å². The molecule has 0 bridgehead atoms. The van der Waals surface area contributed by atoms with E-state index in [1.54, 1.807) is 12.1 Å². The number of benzene rings is 1. The molecule has 1 aliphatic rings. The van der Waals surface area contributed by atoms with Crippen LogP contribution in [-0.2, 0) is 6.42 Å². The van der Waals surface area contributed by atoms with E-state index >= 15 is 0 Å². The highest BCUT2D eigenvalue weighted by Gasteiger charge is 2.49. The maximum absolute atomic E-state index is 13.6. The van der Waals surface area contributed by atoms with Crippen molar-refractivity contribution in [2.45, 2.75) is 39.7 Å². The summed E-state index contributed by atoms with van der Waals surface area (Å²) < 4.78 is 13.6. The Labute approximate surface area is 103 Å². The minimum atomic E-state index is -0.0591. The van der Waals surface area contributed by atoms with Gasteiger partial charge in [0.15, 0.2) is 0 Å². The molecule has 1 aromatic rings. The first-order chi connectivity index (χ1) is 8.01. The van der Waals surface area contributed by atoms with E-state index in [9.17, 15) is 4.39 Å². The lowest BCUT2D eigenvalue weighted by Crippen LogP contribution is -2.26. The summed E-state index contributed by atoms with van der Waals surface area (Å²) in [6.07, 6.45) is 2.07. The largest absolute Gasteiger partial charge is 0.314 e. The smallest absolute Gasteiger partial charge is 0.126 e. The lowest BCUT2D eigenvalue weighted by Gasteiger charge is -2.13. The zero-order valence-electron chi connectivity index (χ0n) is 11.0. The average molecular weight is 235 g/mol. The van der Waals surface area contributed by atoms with Gasteiger partial charge in [-0.1, -0.05) is 39.0 Å². The Hall–Kier alpha value is -0.890. The SMILES string of the molecule is CC(C)NCC1CC1(C)Cc1ccccc1F. The van der Waals surface area contributed by atoms with Gasteiger partial charge < -0.3 is 5.32 Å². The van der Waals surface area contributed by atoms with Crippen molar-refractivity contribution < 1.29 is 4.39 Å². The van der Waals surface area contributed by atoms with Gasteiger partial charge in [-0.3, -0.25) is 0 Å². The van der Waals surface area contributed by atoms with E-state index in [-0.39, 0.29) is 5.82 Å². The standard InChI is InChI=1S/C15H22FN/c1-11(2)17-10-13-9-15(13,3)8-12-6-4-5-7-14(12)16/h4-7,11,13,17H,8-10H2,1-3H3. The minimum Gasteiger partial charge on any atom is -0.314 e. The van der Waals surface area contributed by atoms with Crippen LogP contribution in [0, 0.1) is 17.2 Å². The maximum atomic E-state index is 13.6. The second-order valence-corrected chi connectivity index (χ2v) is 5.89. The first-order valence-electron chi connectivity index (χ1n) is 6.48. The highest BCUT2D eigenvalue weighted by atomic mass is 19.1. The third-order valence-electron chi connectivity index (χ3n) is 3.86. The Morgan fingerprint density at radius 1 is 1.41 bits per heavy atom. The summed E-state index contributed by atoms with van der Waals surface area (Å²) in [4.78, 5) is 0. The molecule has 0 aliphatic heterocycles. The van der Waals surface area contributed by atoms with Crippen LogP contribution in [0.15, 0.2) is 24.3 Å². The van der Waals surface area contributed by atoms with Gasteiger partial charge in [-0.2, -0.15) is 0 Å². The van der Waals surface area contributed by atoms with E-state index in [2.05, 4.69) is 26.1 Å². The topological polar surface area (TPSA) is 12.0 Å². The Balaban J connectivity index is 1.91. The molecule has 0 spiro atoms. The minimum absolute atomic E-state index is 0.0591. The van der Waals surface area contributed by atoms with Crippen LogP contribution in [0.1, 0.15) is 32.8 Å². The molecule has 1 N–H and O–H groups in total.